The Balaban J connectivity index is 2.50. The molecule has 0 N–H and O–H groups in total. The molecule has 0 saturated heterocycles. The molecule has 60 valence electrons. The van der Waals surface area contributed by atoms with Gasteiger partial charge in [0.1, 0.15) is 0 Å². The molecule has 1 aliphatic carbocycles. The summed E-state index contributed by atoms with van der Waals surface area (Å²) in [7, 11) is 6.07. The van der Waals surface area contributed by atoms with Gasteiger partial charge in [-0.05, 0) is 11.2 Å². The first kappa shape index (κ1) is 8.90. The molecule has 0 heterocycles. The molecular formula is C10H17B. The predicted molar refractivity (Wildman–Crippen MR) is 50.9 cm³/mol. The SMILES string of the molecule is [B][C@@](C)(C=C)C1CCCCC1. The molecule has 1 saturated carbocycles. The molecule has 0 unspecified atom stereocenters. The van der Waals surface area contributed by atoms with Crippen molar-refractivity contribution in [3.8, 4) is 0 Å². The Kier molecular flexibility index (Phi) is 2.81. The highest BCUT2D eigenvalue weighted by molar-refractivity contribution is 6.16. The fraction of sp³-hybridized carbons (Fsp3) is 0.800. The normalized spacial score (nSPS) is 25.9. The van der Waals surface area contributed by atoms with Gasteiger partial charge in [-0.1, -0.05) is 45.1 Å². The average Bonchev–Trinajstić information content (AvgIpc) is 2.06. The molecule has 1 fully saturated rings. The van der Waals surface area contributed by atoms with Crippen molar-refractivity contribution in [3.05, 3.63) is 12.7 Å². The van der Waals surface area contributed by atoms with Gasteiger partial charge in [0.15, 0.2) is 0 Å². The van der Waals surface area contributed by atoms with Crippen LogP contribution in [-0.4, -0.2) is 7.85 Å². The third-order valence-corrected chi connectivity index (χ3v) is 2.92. The highest BCUT2D eigenvalue weighted by atomic mass is 14.3. The van der Waals surface area contributed by atoms with Gasteiger partial charge in [0.25, 0.3) is 0 Å². The minimum absolute atomic E-state index is 0.125. The zero-order valence-corrected chi connectivity index (χ0v) is 7.47. The second-order valence-corrected chi connectivity index (χ2v) is 3.91. The monoisotopic (exact) mass is 148 g/mol. The lowest BCUT2D eigenvalue weighted by molar-refractivity contribution is 0.311. The van der Waals surface area contributed by atoms with Gasteiger partial charge < -0.3 is 0 Å². The van der Waals surface area contributed by atoms with Crippen molar-refractivity contribution in [3.63, 3.8) is 0 Å². The fourth-order valence-electron chi connectivity index (χ4n) is 1.89. The summed E-state index contributed by atoms with van der Waals surface area (Å²) in [4.78, 5) is 0. The Morgan fingerprint density at radius 2 is 1.91 bits per heavy atom. The second kappa shape index (κ2) is 3.47. The summed E-state index contributed by atoms with van der Waals surface area (Å²) >= 11 is 0. The van der Waals surface area contributed by atoms with Crippen molar-refractivity contribution in [2.75, 3.05) is 0 Å². The fourth-order valence-corrected chi connectivity index (χ4v) is 1.89. The molecule has 0 amide bonds. The first-order valence-electron chi connectivity index (χ1n) is 4.59. The van der Waals surface area contributed by atoms with Crippen LogP contribution >= 0.6 is 0 Å². The van der Waals surface area contributed by atoms with E-state index in [1.165, 1.54) is 32.1 Å². The summed E-state index contributed by atoms with van der Waals surface area (Å²) in [5, 5.41) is -0.125. The van der Waals surface area contributed by atoms with Crippen LogP contribution in [0.1, 0.15) is 39.0 Å². The molecule has 1 atom stereocenters. The van der Waals surface area contributed by atoms with Gasteiger partial charge in [0.2, 0.25) is 0 Å². The zero-order chi connectivity index (χ0) is 8.32. The van der Waals surface area contributed by atoms with Crippen molar-refractivity contribution >= 4 is 7.85 Å². The van der Waals surface area contributed by atoms with E-state index in [9.17, 15) is 0 Å². The number of rotatable bonds is 2. The zero-order valence-electron chi connectivity index (χ0n) is 7.47. The van der Waals surface area contributed by atoms with Crippen LogP contribution in [0.3, 0.4) is 0 Å². The van der Waals surface area contributed by atoms with Crippen molar-refractivity contribution in [1.29, 1.82) is 0 Å². The molecule has 11 heavy (non-hydrogen) atoms. The standard InChI is InChI=1S/C10H17B/c1-3-10(2,11)9-7-5-4-6-8-9/h3,9H,1,4-8H2,2H3/t10-/m0/s1. The summed E-state index contributed by atoms with van der Waals surface area (Å²) in [6.45, 7) is 5.88. The van der Waals surface area contributed by atoms with Gasteiger partial charge in [-0.15, -0.1) is 6.58 Å². The van der Waals surface area contributed by atoms with Crippen molar-refractivity contribution in [1.82, 2.24) is 0 Å². The highest BCUT2D eigenvalue weighted by Crippen LogP contribution is 2.41. The van der Waals surface area contributed by atoms with Crippen LogP contribution in [-0.2, 0) is 0 Å². The Hall–Kier alpha value is -0.195. The number of hydrogen-bond acceptors (Lipinski definition) is 0. The van der Waals surface area contributed by atoms with E-state index < -0.39 is 0 Å². The van der Waals surface area contributed by atoms with Crippen LogP contribution in [0.4, 0.5) is 0 Å². The molecule has 0 aromatic rings. The molecule has 0 nitrogen and oxygen atoms in total. The first-order valence-corrected chi connectivity index (χ1v) is 4.59. The van der Waals surface area contributed by atoms with E-state index in [1.54, 1.807) is 0 Å². The van der Waals surface area contributed by atoms with Crippen LogP contribution in [0.15, 0.2) is 12.7 Å². The molecule has 0 aromatic heterocycles. The van der Waals surface area contributed by atoms with E-state index in [-0.39, 0.29) is 5.31 Å². The number of hydrogen-bond donors (Lipinski definition) is 0. The summed E-state index contributed by atoms with van der Waals surface area (Å²) < 4.78 is 0. The van der Waals surface area contributed by atoms with Crippen LogP contribution < -0.4 is 0 Å². The van der Waals surface area contributed by atoms with Crippen LogP contribution in [0.2, 0.25) is 5.31 Å². The van der Waals surface area contributed by atoms with Gasteiger partial charge in [0.05, 0.1) is 7.85 Å². The largest absolute Gasteiger partial charge is 0.103 e. The molecule has 2 radical (unpaired) electrons. The Bertz CT molecular complexity index is 132. The van der Waals surface area contributed by atoms with Gasteiger partial charge in [-0.2, -0.15) is 0 Å². The quantitative estimate of drug-likeness (QED) is 0.417. The summed E-state index contributed by atoms with van der Waals surface area (Å²) in [5.74, 6) is 0.675. The topological polar surface area (TPSA) is 0 Å². The molecule has 1 heteroatoms. The third-order valence-electron chi connectivity index (χ3n) is 2.92. The smallest absolute Gasteiger partial charge is 0.0801 e. The van der Waals surface area contributed by atoms with Gasteiger partial charge >= 0.3 is 0 Å². The number of allylic oxidation sites excluding steroid dienone is 1. The lowest BCUT2D eigenvalue weighted by Crippen LogP contribution is -2.20. The van der Waals surface area contributed by atoms with Crippen molar-refractivity contribution in [2.24, 2.45) is 5.92 Å². The van der Waals surface area contributed by atoms with Gasteiger partial charge in [-0.3, -0.25) is 0 Å². The lowest BCUT2D eigenvalue weighted by Gasteiger charge is -2.34. The Morgan fingerprint density at radius 1 is 1.36 bits per heavy atom. The van der Waals surface area contributed by atoms with E-state index >= 15 is 0 Å². The van der Waals surface area contributed by atoms with E-state index in [0.717, 1.165) is 0 Å². The van der Waals surface area contributed by atoms with Crippen molar-refractivity contribution in [2.45, 2.75) is 44.3 Å². The van der Waals surface area contributed by atoms with E-state index in [1.807, 2.05) is 6.08 Å². The second-order valence-electron chi connectivity index (χ2n) is 3.91. The molecular weight excluding hydrogens is 131 g/mol. The maximum Gasteiger partial charge on any atom is 0.0801 e. The molecule has 0 aliphatic heterocycles. The average molecular weight is 148 g/mol. The predicted octanol–water partition coefficient (Wildman–Crippen LogP) is 3.10. The Morgan fingerprint density at radius 3 is 2.36 bits per heavy atom. The summed E-state index contributed by atoms with van der Waals surface area (Å²) in [5.41, 5.74) is 0. The highest BCUT2D eigenvalue weighted by Gasteiger charge is 2.26. The lowest BCUT2D eigenvalue weighted by atomic mass is 9.58. The molecule has 1 rings (SSSR count). The van der Waals surface area contributed by atoms with Crippen LogP contribution in [0, 0.1) is 5.92 Å². The van der Waals surface area contributed by atoms with Gasteiger partial charge in [-0.25, -0.2) is 0 Å². The van der Waals surface area contributed by atoms with Gasteiger partial charge in [0, 0.05) is 0 Å². The maximum absolute atomic E-state index is 6.07. The minimum atomic E-state index is -0.125. The van der Waals surface area contributed by atoms with Crippen molar-refractivity contribution < 1.29 is 0 Å². The maximum atomic E-state index is 6.07. The van der Waals surface area contributed by atoms with Crippen LogP contribution in [0.25, 0.3) is 0 Å². The van der Waals surface area contributed by atoms with E-state index in [2.05, 4.69) is 13.5 Å². The van der Waals surface area contributed by atoms with E-state index in [4.69, 9.17) is 7.85 Å². The van der Waals surface area contributed by atoms with Crippen LogP contribution in [0.5, 0.6) is 0 Å². The molecule has 0 aromatic carbocycles. The summed E-state index contributed by atoms with van der Waals surface area (Å²) in [6, 6.07) is 0. The first-order chi connectivity index (χ1) is 5.17. The third kappa shape index (κ3) is 2.11. The summed E-state index contributed by atoms with van der Waals surface area (Å²) in [6.07, 6.45) is 8.58. The molecule has 0 spiro atoms. The minimum Gasteiger partial charge on any atom is -0.103 e. The Labute approximate surface area is 71.5 Å². The molecule has 1 aliphatic rings. The van der Waals surface area contributed by atoms with E-state index in [0.29, 0.717) is 5.92 Å². The molecule has 0 bridgehead atoms.